The van der Waals surface area contributed by atoms with Crippen molar-refractivity contribution >= 4 is 11.9 Å². The number of aliphatic hydroxyl groups excluding tert-OH is 1. The molecule has 0 aliphatic rings. The van der Waals surface area contributed by atoms with E-state index in [0.29, 0.717) is 0 Å². The lowest BCUT2D eigenvalue weighted by Gasteiger charge is -2.17. The van der Waals surface area contributed by atoms with E-state index in [1.54, 1.807) is 6.92 Å². The summed E-state index contributed by atoms with van der Waals surface area (Å²) in [5.41, 5.74) is -0.893. The Labute approximate surface area is 125 Å². The van der Waals surface area contributed by atoms with Crippen LogP contribution in [0, 0.1) is 0 Å². The molecule has 1 amide bonds. The van der Waals surface area contributed by atoms with Gasteiger partial charge in [-0.15, -0.1) is 0 Å². The Bertz CT molecular complexity index is 528. The molecule has 122 valence electrons. The number of ether oxygens (including phenoxy) is 1. The van der Waals surface area contributed by atoms with Crippen molar-refractivity contribution in [2.75, 3.05) is 7.11 Å². The molecule has 0 spiro atoms. The molecule has 0 aromatic heterocycles. The van der Waals surface area contributed by atoms with Crippen LogP contribution in [0.25, 0.3) is 0 Å². The largest absolute Gasteiger partial charge is 0.467 e. The Morgan fingerprint density at radius 2 is 1.82 bits per heavy atom. The molecule has 0 aliphatic carbocycles. The highest BCUT2D eigenvalue weighted by Crippen LogP contribution is 2.29. The van der Waals surface area contributed by atoms with Crippen LogP contribution in [0.2, 0.25) is 0 Å². The number of esters is 1. The molecule has 1 rings (SSSR count). The number of amides is 1. The van der Waals surface area contributed by atoms with Crippen molar-refractivity contribution in [3.63, 3.8) is 0 Å². The van der Waals surface area contributed by atoms with Gasteiger partial charge >= 0.3 is 12.1 Å². The monoisotopic (exact) mass is 319 g/mol. The van der Waals surface area contributed by atoms with Crippen LogP contribution < -0.4 is 5.32 Å². The van der Waals surface area contributed by atoms with Crippen LogP contribution in [-0.4, -0.2) is 30.1 Å². The quantitative estimate of drug-likeness (QED) is 0.812. The average molecular weight is 319 g/mol. The van der Waals surface area contributed by atoms with Gasteiger partial charge < -0.3 is 15.2 Å². The van der Waals surface area contributed by atoms with Crippen LogP contribution in [0.15, 0.2) is 24.3 Å². The Kier molecular flexibility index (Phi) is 5.92. The molecule has 0 saturated carbocycles. The first-order valence-electron chi connectivity index (χ1n) is 6.44. The second kappa shape index (κ2) is 7.26. The molecule has 2 N–H and O–H groups in total. The zero-order valence-corrected chi connectivity index (χ0v) is 12.0. The van der Waals surface area contributed by atoms with Crippen molar-refractivity contribution in [1.29, 1.82) is 0 Å². The molecule has 0 aliphatic heterocycles. The predicted molar refractivity (Wildman–Crippen MR) is 70.6 cm³/mol. The maximum Gasteiger partial charge on any atom is 0.416 e. The highest BCUT2D eigenvalue weighted by Gasteiger charge is 2.31. The SMILES string of the molecule is CC[C@@H](NC(=O)[C@@H](O)c1ccc(C(F)(F)F)cc1)C(=O)OC. The topological polar surface area (TPSA) is 75.6 Å². The molecule has 1 aromatic carbocycles. The smallest absolute Gasteiger partial charge is 0.416 e. The van der Waals surface area contributed by atoms with Gasteiger partial charge in [-0.05, 0) is 24.1 Å². The summed E-state index contributed by atoms with van der Waals surface area (Å²) in [6.07, 6.45) is -5.93. The first-order valence-corrected chi connectivity index (χ1v) is 6.44. The number of nitrogens with one attached hydrogen (secondary N) is 1. The lowest BCUT2D eigenvalue weighted by atomic mass is 10.1. The van der Waals surface area contributed by atoms with Gasteiger partial charge in [0.15, 0.2) is 6.10 Å². The Hall–Kier alpha value is -2.09. The second-order valence-electron chi connectivity index (χ2n) is 4.51. The number of carbonyl (C=O) groups is 2. The highest BCUT2D eigenvalue weighted by atomic mass is 19.4. The summed E-state index contributed by atoms with van der Waals surface area (Å²) in [7, 11) is 1.16. The van der Waals surface area contributed by atoms with Crippen LogP contribution in [0.1, 0.15) is 30.6 Å². The van der Waals surface area contributed by atoms with Crippen LogP contribution in [0.4, 0.5) is 13.2 Å². The zero-order valence-electron chi connectivity index (χ0n) is 12.0. The normalized spacial score (nSPS) is 14.1. The van der Waals surface area contributed by atoms with Crippen LogP contribution in [-0.2, 0) is 20.5 Å². The molecule has 22 heavy (non-hydrogen) atoms. The minimum absolute atomic E-state index is 0.00906. The minimum atomic E-state index is -4.50. The molecular formula is C14H16F3NO4. The third-order valence-electron chi connectivity index (χ3n) is 3.01. The molecule has 0 heterocycles. The summed E-state index contributed by atoms with van der Waals surface area (Å²) in [5.74, 6) is -1.56. The van der Waals surface area contributed by atoms with E-state index < -0.39 is 35.8 Å². The van der Waals surface area contributed by atoms with Gasteiger partial charge in [0.2, 0.25) is 0 Å². The van der Waals surface area contributed by atoms with Crippen molar-refractivity contribution in [3.8, 4) is 0 Å². The molecule has 0 unspecified atom stereocenters. The van der Waals surface area contributed by atoms with E-state index in [4.69, 9.17) is 0 Å². The van der Waals surface area contributed by atoms with Gasteiger partial charge in [0, 0.05) is 0 Å². The summed E-state index contributed by atoms with van der Waals surface area (Å²) < 4.78 is 41.8. The Morgan fingerprint density at radius 1 is 1.27 bits per heavy atom. The number of methoxy groups -OCH3 is 1. The fraction of sp³-hybridized carbons (Fsp3) is 0.429. The molecule has 5 nitrogen and oxygen atoms in total. The number of alkyl halides is 3. The molecule has 8 heteroatoms. The predicted octanol–water partition coefficient (Wildman–Crippen LogP) is 1.81. The first kappa shape index (κ1) is 18.0. The van der Waals surface area contributed by atoms with Gasteiger partial charge in [-0.1, -0.05) is 19.1 Å². The molecule has 0 fully saturated rings. The number of benzene rings is 1. The van der Waals surface area contributed by atoms with Gasteiger partial charge in [0.05, 0.1) is 12.7 Å². The van der Waals surface area contributed by atoms with Crippen molar-refractivity contribution in [1.82, 2.24) is 5.32 Å². The van der Waals surface area contributed by atoms with Crippen molar-refractivity contribution < 1.29 is 32.6 Å². The van der Waals surface area contributed by atoms with Crippen LogP contribution >= 0.6 is 0 Å². The fourth-order valence-electron chi connectivity index (χ4n) is 1.73. The summed E-state index contributed by atoms with van der Waals surface area (Å²) in [6.45, 7) is 1.63. The summed E-state index contributed by atoms with van der Waals surface area (Å²) in [4.78, 5) is 23.2. The standard InChI is InChI=1S/C14H16F3NO4/c1-3-10(13(21)22-2)18-12(20)11(19)8-4-6-9(7-5-8)14(15,16)17/h4-7,10-11,19H,3H2,1-2H3,(H,18,20)/t10-,11+/m1/s1. The zero-order chi connectivity index (χ0) is 16.9. The summed E-state index contributed by atoms with van der Waals surface area (Å²) in [5, 5.41) is 12.1. The first-order chi connectivity index (χ1) is 10.2. The van der Waals surface area contributed by atoms with E-state index in [0.717, 1.165) is 31.4 Å². The van der Waals surface area contributed by atoms with Gasteiger partial charge in [0.25, 0.3) is 5.91 Å². The van der Waals surface area contributed by atoms with Gasteiger partial charge in [-0.3, -0.25) is 4.79 Å². The number of aliphatic hydroxyl groups is 1. The fourth-order valence-corrected chi connectivity index (χ4v) is 1.73. The van der Waals surface area contributed by atoms with E-state index in [1.165, 1.54) is 0 Å². The van der Waals surface area contributed by atoms with Crippen molar-refractivity contribution in [2.45, 2.75) is 31.7 Å². The highest BCUT2D eigenvalue weighted by molar-refractivity contribution is 5.87. The summed E-state index contributed by atoms with van der Waals surface area (Å²) >= 11 is 0. The maximum atomic E-state index is 12.4. The lowest BCUT2D eigenvalue weighted by molar-refractivity contribution is -0.146. The molecule has 0 bridgehead atoms. The minimum Gasteiger partial charge on any atom is -0.467 e. The van der Waals surface area contributed by atoms with Gasteiger partial charge in [-0.2, -0.15) is 13.2 Å². The molecule has 0 saturated heterocycles. The summed E-state index contributed by atoms with van der Waals surface area (Å²) in [6, 6.07) is 2.62. The number of hydrogen-bond donors (Lipinski definition) is 2. The third-order valence-corrected chi connectivity index (χ3v) is 3.01. The number of hydrogen-bond acceptors (Lipinski definition) is 4. The van der Waals surface area contributed by atoms with Crippen molar-refractivity contribution in [3.05, 3.63) is 35.4 Å². The van der Waals surface area contributed by atoms with E-state index in [-0.39, 0.29) is 12.0 Å². The Morgan fingerprint density at radius 3 is 2.23 bits per heavy atom. The molecule has 2 atom stereocenters. The third kappa shape index (κ3) is 4.45. The van der Waals surface area contributed by atoms with Crippen LogP contribution in [0.5, 0.6) is 0 Å². The van der Waals surface area contributed by atoms with E-state index in [9.17, 15) is 27.9 Å². The van der Waals surface area contributed by atoms with Gasteiger partial charge in [0.1, 0.15) is 6.04 Å². The Balaban J connectivity index is 2.80. The molecule has 1 aromatic rings. The van der Waals surface area contributed by atoms with Gasteiger partial charge in [-0.25, -0.2) is 4.79 Å². The van der Waals surface area contributed by atoms with E-state index in [2.05, 4.69) is 10.1 Å². The van der Waals surface area contributed by atoms with Crippen molar-refractivity contribution in [2.24, 2.45) is 0 Å². The average Bonchev–Trinajstić information content (AvgIpc) is 2.50. The lowest BCUT2D eigenvalue weighted by Crippen LogP contribution is -2.43. The van der Waals surface area contributed by atoms with E-state index in [1.807, 2.05) is 0 Å². The van der Waals surface area contributed by atoms with Crippen LogP contribution in [0.3, 0.4) is 0 Å². The molecular weight excluding hydrogens is 303 g/mol. The number of carbonyl (C=O) groups excluding carboxylic acids is 2. The number of rotatable bonds is 5. The number of halogens is 3. The van der Waals surface area contributed by atoms with E-state index >= 15 is 0 Å². The second-order valence-corrected chi connectivity index (χ2v) is 4.51. The molecule has 0 radical (unpaired) electrons. The maximum absolute atomic E-state index is 12.4.